The molecule has 24 heavy (non-hydrogen) atoms. The van der Waals surface area contributed by atoms with Crippen molar-refractivity contribution in [3.8, 4) is 0 Å². The first kappa shape index (κ1) is 28.0. The number of aryl methyl sites for hydroxylation is 1. The van der Waals surface area contributed by atoms with Crippen LogP contribution in [0.5, 0.6) is 0 Å². The molecule has 0 saturated heterocycles. The van der Waals surface area contributed by atoms with E-state index in [2.05, 4.69) is 13.2 Å². The van der Waals surface area contributed by atoms with E-state index in [9.17, 15) is 18.5 Å². The zero-order valence-corrected chi connectivity index (χ0v) is 18.2. The van der Waals surface area contributed by atoms with E-state index < -0.39 is 20.4 Å². The van der Waals surface area contributed by atoms with Gasteiger partial charge in [-0.3, -0.25) is 10.1 Å². The van der Waals surface area contributed by atoms with Gasteiger partial charge >= 0.3 is 0 Å². The summed E-state index contributed by atoms with van der Waals surface area (Å²) in [7, 11) is -3.98. The Bertz CT molecular complexity index is 680. The van der Waals surface area contributed by atoms with Crippen LogP contribution < -0.4 is 0 Å². The summed E-state index contributed by atoms with van der Waals surface area (Å²) in [6, 6.07) is 3.96. The van der Waals surface area contributed by atoms with E-state index >= 15 is 0 Å². The number of hydrogen-bond donors (Lipinski definition) is 0. The molecule has 0 saturated carbocycles. The van der Waals surface area contributed by atoms with Crippen LogP contribution in [0, 0.1) is 57.4 Å². The molecule has 0 radical (unpaired) electrons. The number of benzene rings is 1. The van der Waals surface area contributed by atoms with Crippen LogP contribution in [0.15, 0.2) is 59.4 Å². The normalized spacial score (nSPS) is 9.96. The minimum absolute atomic E-state index is 0. The van der Waals surface area contributed by atoms with Gasteiger partial charge in [-0.1, -0.05) is 59.1 Å². The zero-order chi connectivity index (χ0) is 18.6. The molecule has 0 heterocycles. The van der Waals surface area contributed by atoms with Crippen molar-refractivity contribution in [1.82, 2.24) is 0 Å². The Morgan fingerprint density at radius 1 is 1.17 bits per heavy atom. The van der Waals surface area contributed by atoms with Gasteiger partial charge in [0.05, 0.1) is 9.83 Å². The van der Waals surface area contributed by atoms with Crippen molar-refractivity contribution in [1.29, 1.82) is 0 Å². The molecule has 0 bridgehead atoms. The Hall–Kier alpha value is -0.872. The van der Waals surface area contributed by atoms with E-state index in [0.717, 1.165) is 6.08 Å². The molecule has 0 unspecified atom stereocenters. The molecule has 0 aromatic heterocycles. The largest absolute Gasteiger partial charge is 0.288 e. The molecule has 5 nitrogen and oxygen atoms in total. The molecular formula is C17H25NO4SSm. The Morgan fingerprint density at radius 3 is 2.04 bits per heavy atom. The third-order valence-corrected chi connectivity index (χ3v) is 4.24. The van der Waals surface area contributed by atoms with E-state index in [0.29, 0.717) is 5.56 Å². The first-order valence-electron chi connectivity index (χ1n) is 7.30. The second-order valence-corrected chi connectivity index (χ2v) is 5.66. The van der Waals surface area contributed by atoms with Gasteiger partial charge in [-0.2, -0.15) is 0 Å². The number of nitro benzene ring substituents is 1. The Kier molecular flexibility index (Phi) is 16.9. The average Bonchev–Trinajstić information content (AvgIpc) is 2.55. The first-order chi connectivity index (χ1) is 10.8. The van der Waals surface area contributed by atoms with E-state index in [1.807, 2.05) is 27.7 Å². The summed E-state index contributed by atoms with van der Waals surface area (Å²) in [4.78, 5) is 9.77. The molecule has 0 fully saturated rings. The predicted molar refractivity (Wildman–Crippen MR) is 96.2 cm³/mol. The minimum Gasteiger partial charge on any atom is -0.258 e. The van der Waals surface area contributed by atoms with Gasteiger partial charge in [0.2, 0.25) is 9.84 Å². The maximum absolute atomic E-state index is 12.3. The van der Waals surface area contributed by atoms with Gasteiger partial charge in [-0.25, -0.2) is 8.42 Å². The quantitative estimate of drug-likeness (QED) is 0.332. The number of allylic oxidation sites excluding steroid dienone is 3. The van der Waals surface area contributed by atoms with Crippen molar-refractivity contribution in [2.24, 2.45) is 0 Å². The molecule has 0 aliphatic carbocycles. The first-order valence-corrected chi connectivity index (χ1v) is 8.78. The maximum atomic E-state index is 12.3. The third-order valence-electron chi connectivity index (χ3n) is 2.39. The summed E-state index contributed by atoms with van der Waals surface area (Å²) in [5.41, 5.74) is 0.162. The van der Waals surface area contributed by atoms with E-state index in [4.69, 9.17) is 0 Å². The van der Waals surface area contributed by atoms with E-state index in [-0.39, 0.29) is 50.2 Å². The third kappa shape index (κ3) is 7.80. The topological polar surface area (TPSA) is 77.3 Å². The van der Waals surface area contributed by atoms with Crippen molar-refractivity contribution in [3.63, 3.8) is 0 Å². The summed E-state index contributed by atoms with van der Waals surface area (Å²) in [5, 5.41) is 11.0. The standard InChI is InChI=1S/C13H13NO4S.2C2H6.Sm/c1-4-6-11(5-2)19(17,18)13-8-7-10(3)9-12(13)14(15)16;2*1-2;/h4-9H,1-2H2,3H3;2*1-2H3;/b11-6+;;;. The summed E-state index contributed by atoms with van der Waals surface area (Å²) < 4.78 is 24.6. The molecule has 0 atom stereocenters. The van der Waals surface area contributed by atoms with Gasteiger partial charge in [-0.15, -0.1) is 0 Å². The molecular weight excluding hydrogens is 465 g/mol. The molecule has 0 amide bonds. The van der Waals surface area contributed by atoms with Gasteiger partial charge in [-0.05, 0) is 24.6 Å². The maximum Gasteiger partial charge on any atom is 0.288 e. The number of hydrogen-bond acceptors (Lipinski definition) is 4. The summed E-state index contributed by atoms with van der Waals surface area (Å²) >= 11 is 0. The zero-order valence-electron chi connectivity index (χ0n) is 14.8. The van der Waals surface area contributed by atoms with Crippen molar-refractivity contribution in [2.75, 3.05) is 0 Å². The SMILES string of the molecule is C=C/C=C(\C=C)S(=O)(=O)c1ccc(C)cc1[N+](=O)[O-].CC.CC.[Sm]. The monoisotopic (exact) mass is 491 g/mol. The van der Waals surface area contributed by atoms with Crippen LogP contribution in [-0.2, 0) is 9.84 Å². The molecule has 1 aromatic rings. The second-order valence-electron chi connectivity index (χ2n) is 3.74. The van der Waals surface area contributed by atoms with Crippen LogP contribution >= 0.6 is 0 Å². The number of rotatable bonds is 5. The van der Waals surface area contributed by atoms with Gasteiger partial charge in [0.1, 0.15) is 4.90 Å². The summed E-state index contributed by atoms with van der Waals surface area (Å²) in [6.45, 7) is 16.5. The molecule has 0 N–H and O–H groups in total. The van der Waals surface area contributed by atoms with Crippen molar-refractivity contribution in [2.45, 2.75) is 39.5 Å². The Balaban J connectivity index is -0.000000817. The molecule has 0 aliphatic rings. The summed E-state index contributed by atoms with van der Waals surface area (Å²) in [5.74, 6) is 0. The average molecular weight is 490 g/mol. The van der Waals surface area contributed by atoms with E-state index in [1.54, 1.807) is 6.92 Å². The fourth-order valence-electron chi connectivity index (χ4n) is 1.51. The number of sulfone groups is 1. The van der Waals surface area contributed by atoms with Crippen LogP contribution in [0.1, 0.15) is 33.3 Å². The van der Waals surface area contributed by atoms with Crippen LogP contribution in [0.25, 0.3) is 0 Å². The van der Waals surface area contributed by atoms with Gasteiger partial charge in [0.15, 0.2) is 0 Å². The molecule has 7 heteroatoms. The van der Waals surface area contributed by atoms with E-state index in [1.165, 1.54) is 30.4 Å². The van der Waals surface area contributed by atoms with Crippen LogP contribution in [0.2, 0.25) is 0 Å². The van der Waals surface area contributed by atoms with Gasteiger partial charge < -0.3 is 0 Å². The smallest absolute Gasteiger partial charge is 0.258 e. The molecule has 1 aromatic carbocycles. The van der Waals surface area contributed by atoms with Crippen molar-refractivity contribution >= 4 is 15.5 Å². The number of nitrogens with zero attached hydrogens (tertiary/aromatic N) is 1. The second kappa shape index (κ2) is 14.5. The molecule has 0 aliphatic heterocycles. The van der Waals surface area contributed by atoms with Crippen LogP contribution in [0.4, 0.5) is 5.69 Å². The molecule has 1 rings (SSSR count). The van der Waals surface area contributed by atoms with Crippen LogP contribution in [0.3, 0.4) is 0 Å². The van der Waals surface area contributed by atoms with Crippen LogP contribution in [-0.4, -0.2) is 13.3 Å². The fraction of sp³-hybridized carbons (Fsp3) is 0.294. The fourth-order valence-corrected chi connectivity index (χ4v) is 2.91. The Morgan fingerprint density at radius 2 is 1.67 bits per heavy atom. The summed E-state index contributed by atoms with van der Waals surface area (Å²) in [6.07, 6.45) is 3.65. The number of nitro groups is 1. The van der Waals surface area contributed by atoms with Crippen molar-refractivity contribution < 1.29 is 53.7 Å². The van der Waals surface area contributed by atoms with Gasteiger partial charge in [0, 0.05) is 46.5 Å². The predicted octanol–water partition coefficient (Wildman–Crippen LogP) is 4.99. The Labute approximate surface area is 177 Å². The molecule has 134 valence electrons. The van der Waals surface area contributed by atoms with Crippen molar-refractivity contribution in [3.05, 3.63) is 70.2 Å². The molecule has 0 spiro atoms. The minimum atomic E-state index is -3.98. The van der Waals surface area contributed by atoms with Gasteiger partial charge in [0.25, 0.3) is 5.69 Å².